The average molecular weight is 243 g/mol. The summed E-state index contributed by atoms with van der Waals surface area (Å²) >= 11 is 0. The molecule has 0 saturated heterocycles. The molecule has 0 aromatic heterocycles. The van der Waals surface area contributed by atoms with Gasteiger partial charge in [-0.2, -0.15) is 0 Å². The summed E-state index contributed by atoms with van der Waals surface area (Å²) in [4.78, 5) is 0. The smallest absolute Gasteiger partial charge is 0.123 e. The molecule has 2 N–H and O–H groups in total. The van der Waals surface area contributed by atoms with Crippen molar-refractivity contribution in [3.63, 3.8) is 0 Å². The molecular formula is C15H17NO2. The van der Waals surface area contributed by atoms with E-state index in [9.17, 15) is 0 Å². The minimum absolute atomic E-state index is 0.756. The molecule has 2 aromatic carbocycles. The molecule has 0 fully saturated rings. The van der Waals surface area contributed by atoms with Crippen LogP contribution in [0.2, 0.25) is 0 Å². The Morgan fingerprint density at radius 3 is 1.83 bits per heavy atom. The molecule has 0 amide bonds. The van der Waals surface area contributed by atoms with Crippen molar-refractivity contribution in [3.8, 4) is 22.6 Å². The number of methoxy groups -OCH3 is 2. The third-order valence-corrected chi connectivity index (χ3v) is 2.78. The maximum absolute atomic E-state index is 5.88. The van der Waals surface area contributed by atoms with E-state index in [1.165, 1.54) is 0 Å². The van der Waals surface area contributed by atoms with Crippen LogP contribution in [-0.4, -0.2) is 14.2 Å². The Morgan fingerprint density at radius 2 is 1.33 bits per heavy atom. The lowest BCUT2D eigenvalue weighted by Gasteiger charge is -2.10. The van der Waals surface area contributed by atoms with Crippen molar-refractivity contribution in [1.82, 2.24) is 0 Å². The number of hydrogen-bond donors (Lipinski definition) is 1. The number of rotatable bonds is 3. The Bertz CT molecular complexity index is 522. The highest BCUT2D eigenvalue weighted by Crippen LogP contribution is 2.31. The van der Waals surface area contributed by atoms with E-state index in [0.717, 1.165) is 33.9 Å². The lowest BCUT2D eigenvalue weighted by molar-refractivity contribution is 0.394. The first-order valence-electron chi connectivity index (χ1n) is 5.73. The van der Waals surface area contributed by atoms with Gasteiger partial charge in [0.1, 0.15) is 11.5 Å². The van der Waals surface area contributed by atoms with Gasteiger partial charge < -0.3 is 15.2 Å². The number of aryl methyl sites for hydroxylation is 1. The third kappa shape index (κ3) is 2.56. The van der Waals surface area contributed by atoms with E-state index < -0.39 is 0 Å². The summed E-state index contributed by atoms with van der Waals surface area (Å²) in [5, 5.41) is 0. The normalized spacial score (nSPS) is 10.2. The van der Waals surface area contributed by atoms with Gasteiger partial charge in [-0.1, -0.05) is 6.07 Å². The van der Waals surface area contributed by atoms with Gasteiger partial charge in [-0.05, 0) is 47.9 Å². The zero-order chi connectivity index (χ0) is 13.1. The third-order valence-electron chi connectivity index (χ3n) is 2.78. The molecular weight excluding hydrogens is 226 g/mol. The molecule has 0 radical (unpaired) electrons. The highest BCUT2D eigenvalue weighted by atomic mass is 16.5. The minimum atomic E-state index is 0.756. The maximum Gasteiger partial charge on any atom is 0.123 e. The Kier molecular flexibility index (Phi) is 3.42. The number of nitrogen functional groups attached to an aromatic ring is 1. The van der Waals surface area contributed by atoms with Crippen LogP contribution in [0, 0.1) is 6.92 Å². The number of benzene rings is 2. The molecule has 94 valence electrons. The van der Waals surface area contributed by atoms with Crippen LogP contribution in [0.1, 0.15) is 5.56 Å². The number of hydrogen-bond acceptors (Lipinski definition) is 3. The second-order valence-electron chi connectivity index (χ2n) is 4.23. The van der Waals surface area contributed by atoms with E-state index in [1.54, 1.807) is 14.2 Å². The van der Waals surface area contributed by atoms with Crippen molar-refractivity contribution in [2.75, 3.05) is 20.0 Å². The molecule has 0 spiro atoms. The first kappa shape index (κ1) is 12.3. The summed E-state index contributed by atoms with van der Waals surface area (Å²) in [5.41, 5.74) is 9.85. The number of anilines is 1. The van der Waals surface area contributed by atoms with E-state index in [2.05, 4.69) is 6.07 Å². The van der Waals surface area contributed by atoms with Crippen molar-refractivity contribution in [2.45, 2.75) is 6.92 Å². The molecule has 0 aliphatic carbocycles. The highest BCUT2D eigenvalue weighted by molar-refractivity contribution is 5.71. The summed E-state index contributed by atoms with van der Waals surface area (Å²) in [5.74, 6) is 1.54. The molecule has 0 aliphatic rings. The van der Waals surface area contributed by atoms with Crippen molar-refractivity contribution < 1.29 is 9.47 Å². The predicted octanol–water partition coefficient (Wildman–Crippen LogP) is 3.26. The zero-order valence-corrected chi connectivity index (χ0v) is 10.9. The zero-order valence-electron chi connectivity index (χ0n) is 10.9. The predicted molar refractivity (Wildman–Crippen MR) is 74.1 cm³/mol. The first-order chi connectivity index (χ1) is 8.62. The quantitative estimate of drug-likeness (QED) is 0.841. The van der Waals surface area contributed by atoms with Crippen LogP contribution < -0.4 is 15.2 Å². The van der Waals surface area contributed by atoms with Crippen LogP contribution in [0.3, 0.4) is 0 Å². The number of ether oxygens (including phenoxy) is 2. The molecule has 18 heavy (non-hydrogen) atoms. The van der Waals surface area contributed by atoms with Gasteiger partial charge in [-0.15, -0.1) is 0 Å². The van der Waals surface area contributed by atoms with Gasteiger partial charge in [0.05, 0.1) is 14.2 Å². The van der Waals surface area contributed by atoms with Gasteiger partial charge in [0.15, 0.2) is 0 Å². The molecule has 2 aromatic rings. The van der Waals surface area contributed by atoms with Gasteiger partial charge >= 0.3 is 0 Å². The molecule has 3 heteroatoms. The van der Waals surface area contributed by atoms with E-state index >= 15 is 0 Å². The molecule has 0 atom stereocenters. The maximum atomic E-state index is 5.88. The van der Waals surface area contributed by atoms with Gasteiger partial charge in [0.25, 0.3) is 0 Å². The SMILES string of the molecule is COc1cc(OC)cc(-c2cc(C)cc(N)c2)c1. The summed E-state index contributed by atoms with van der Waals surface area (Å²) in [6, 6.07) is 11.8. The molecule has 0 saturated carbocycles. The van der Waals surface area contributed by atoms with Crippen molar-refractivity contribution >= 4 is 5.69 Å². The largest absolute Gasteiger partial charge is 0.497 e. The Labute approximate surface area is 107 Å². The first-order valence-corrected chi connectivity index (χ1v) is 5.73. The van der Waals surface area contributed by atoms with E-state index in [-0.39, 0.29) is 0 Å². The van der Waals surface area contributed by atoms with Crippen LogP contribution in [0.25, 0.3) is 11.1 Å². The van der Waals surface area contributed by atoms with Gasteiger partial charge in [-0.25, -0.2) is 0 Å². The molecule has 0 bridgehead atoms. The molecule has 0 heterocycles. The average Bonchev–Trinajstić information content (AvgIpc) is 2.37. The molecule has 2 rings (SSSR count). The second kappa shape index (κ2) is 5.00. The fraction of sp³-hybridized carbons (Fsp3) is 0.200. The highest BCUT2D eigenvalue weighted by Gasteiger charge is 2.05. The van der Waals surface area contributed by atoms with Gasteiger partial charge in [0.2, 0.25) is 0 Å². The monoisotopic (exact) mass is 243 g/mol. The van der Waals surface area contributed by atoms with E-state index in [4.69, 9.17) is 15.2 Å². The standard InChI is InChI=1S/C15H17NO2/c1-10-4-11(6-13(16)5-10)12-7-14(17-2)9-15(8-12)18-3/h4-9H,16H2,1-3H3. The fourth-order valence-electron chi connectivity index (χ4n) is 1.95. The van der Waals surface area contributed by atoms with Gasteiger partial charge in [-0.3, -0.25) is 0 Å². The van der Waals surface area contributed by atoms with Crippen LogP contribution in [0.15, 0.2) is 36.4 Å². The Morgan fingerprint density at radius 1 is 0.778 bits per heavy atom. The summed E-state index contributed by atoms with van der Waals surface area (Å²) < 4.78 is 10.5. The summed E-state index contributed by atoms with van der Waals surface area (Å²) in [6.45, 7) is 2.03. The second-order valence-corrected chi connectivity index (χ2v) is 4.23. The van der Waals surface area contributed by atoms with Crippen LogP contribution >= 0.6 is 0 Å². The van der Waals surface area contributed by atoms with E-state index in [0.29, 0.717) is 0 Å². The van der Waals surface area contributed by atoms with Crippen LogP contribution in [0.4, 0.5) is 5.69 Å². The summed E-state index contributed by atoms with van der Waals surface area (Å²) in [7, 11) is 3.28. The van der Waals surface area contributed by atoms with Crippen LogP contribution in [0.5, 0.6) is 11.5 Å². The Balaban J connectivity index is 2.55. The number of nitrogens with two attached hydrogens (primary N) is 1. The van der Waals surface area contributed by atoms with Gasteiger partial charge in [0, 0.05) is 11.8 Å². The lowest BCUT2D eigenvalue weighted by atomic mass is 10.0. The Hall–Kier alpha value is -2.16. The molecule has 0 aliphatic heterocycles. The molecule has 0 unspecified atom stereocenters. The lowest BCUT2D eigenvalue weighted by Crippen LogP contribution is -1.91. The van der Waals surface area contributed by atoms with Crippen molar-refractivity contribution in [1.29, 1.82) is 0 Å². The van der Waals surface area contributed by atoms with E-state index in [1.807, 2.05) is 37.3 Å². The minimum Gasteiger partial charge on any atom is -0.497 e. The van der Waals surface area contributed by atoms with Crippen LogP contribution in [-0.2, 0) is 0 Å². The molecule has 3 nitrogen and oxygen atoms in total. The topological polar surface area (TPSA) is 44.5 Å². The van der Waals surface area contributed by atoms with Crippen molar-refractivity contribution in [2.24, 2.45) is 0 Å². The fourth-order valence-corrected chi connectivity index (χ4v) is 1.95. The van der Waals surface area contributed by atoms with Crippen molar-refractivity contribution in [3.05, 3.63) is 42.0 Å². The summed E-state index contributed by atoms with van der Waals surface area (Å²) in [6.07, 6.45) is 0.